The highest BCUT2D eigenvalue weighted by molar-refractivity contribution is 5.96. The molecule has 2 aromatic rings. The molecule has 0 spiro atoms. The molecule has 4 nitrogen and oxygen atoms in total. The van der Waals surface area contributed by atoms with Gasteiger partial charge in [-0.05, 0) is 13.0 Å². The van der Waals surface area contributed by atoms with E-state index in [0.717, 1.165) is 0 Å². The average molecular weight is 233 g/mol. The van der Waals surface area contributed by atoms with Gasteiger partial charge in [0.1, 0.15) is 6.07 Å². The van der Waals surface area contributed by atoms with Crippen LogP contribution in [0.4, 0.5) is 4.39 Å². The minimum absolute atomic E-state index is 0.0221. The van der Waals surface area contributed by atoms with Gasteiger partial charge in [-0.3, -0.25) is 0 Å². The molecule has 1 aromatic heterocycles. The van der Waals surface area contributed by atoms with Crippen molar-refractivity contribution in [1.82, 2.24) is 0 Å². The van der Waals surface area contributed by atoms with Crippen LogP contribution in [0.3, 0.4) is 0 Å². The van der Waals surface area contributed by atoms with Gasteiger partial charge in [0.25, 0.3) is 0 Å². The number of fused-ring (bicyclic) bond motifs is 1. The lowest BCUT2D eigenvalue weighted by Gasteiger charge is -1.96. The number of nitriles is 1. The van der Waals surface area contributed by atoms with Gasteiger partial charge in [0, 0.05) is 10.9 Å². The zero-order chi connectivity index (χ0) is 12.4. The van der Waals surface area contributed by atoms with Crippen LogP contribution in [-0.2, 0) is 4.74 Å². The predicted molar refractivity (Wildman–Crippen MR) is 56.8 cm³/mol. The Kier molecular flexibility index (Phi) is 2.79. The number of nitrogens with zero attached hydrogens (tertiary/aromatic N) is 1. The highest BCUT2D eigenvalue weighted by Gasteiger charge is 2.20. The Bertz CT molecular complexity index is 624. The maximum atomic E-state index is 13.4. The van der Waals surface area contributed by atoms with Gasteiger partial charge < -0.3 is 9.15 Å². The Morgan fingerprint density at radius 3 is 3.00 bits per heavy atom. The first-order valence-corrected chi connectivity index (χ1v) is 4.87. The smallest absolute Gasteiger partial charge is 0.375 e. The van der Waals surface area contributed by atoms with Gasteiger partial charge in [-0.25, -0.2) is 9.18 Å². The van der Waals surface area contributed by atoms with Crippen molar-refractivity contribution >= 4 is 16.9 Å². The van der Waals surface area contributed by atoms with Crippen LogP contribution in [0.1, 0.15) is 16.1 Å². The van der Waals surface area contributed by atoms with Gasteiger partial charge in [-0.15, -0.1) is 0 Å². The van der Waals surface area contributed by atoms with E-state index in [9.17, 15) is 9.18 Å². The quantitative estimate of drug-likeness (QED) is 0.748. The number of hydrogen-bond acceptors (Lipinski definition) is 4. The third-order valence-corrected chi connectivity index (χ3v) is 2.37. The van der Waals surface area contributed by atoms with Crippen LogP contribution >= 0.6 is 0 Å². The van der Waals surface area contributed by atoms with Crippen LogP contribution in [0, 0.1) is 24.1 Å². The van der Waals surface area contributed by atoms with Crippen LogP contribution in [0.25, 0.3) is 11.0 Å². The minimum atomic E-state index is -0.764. The van der Waals surface area contributed by atoms with E-state index < -0.39 is 11.8 Å². The van der Waals surface area contributed by atoms with Gasteiger partial charge >= 0.3 is 5.97 Å². The van der Waals surface area contributed by atoms with E-state index in [1.807, 2.05) is 0 Å². The van der Waals surface area contributed by atoms with Crippen LogP contribution in [-0.4, -0.2) is 12.6 Å². The molecule has 0 bridgehead atoms. The second kappa shape index (κ2) is 4.26. The minimum Gasteiger partial charge on any atom is -0.446 e. The standard InChI is InChI=1S/C12H8FNO3/c1-7-8-3-2-4-9(13)11(8)17-10(7)12(15)16-6-5-14/h2-4H,6H2,1H3. The topological polar surface area (TPSA) is 63.2 Å². The Hall–Kier alpha value is -2.35. The van der Waals surface area contributed by atoms with Crippen LogP contribution < -0.4 is 0 Å². The summed E-state index contributed by atoms with van der Waals surface area (Å²) in [5.74, 6) is -1.37. The Labute approximate surface area is 96.2 Å². The largest absolute Gasteiger partial charge is 0.446 e. The molecule has 0 saturated carbocycles. The zero-order valence-corrected chi connectivity index (χ0v) is 8.99. The van der Waals surface area contributed by atoms with Gasteiger partial charge in [-0.2, -0.15) is 5.26 Å². The number of hydrogen-bond donors (Lipinski definition) is 0. The predicted octanol–water partition coefficient (Wildman–Crippen LogP) is 2.56. The van der Waals surface area contributed by atoms with Crippen molar-refractivity contribution in [3.8, 4) is 6.07 Å². The van der Waals surface area contributed by atoms with Crippen LogP contribution in [0.2, 0.25) is 0 Å². The fraction of sp³-hybridized carbons (Fsp3) is 0.167. The second-order valence-electron chi connectivity index (χ2n) is 3.41. The summed E-state index contributed by atoms with van der Waals surface area (Å²) in [4.78, 5) is 11.5. The highest BCUT2D eigenvalue weighted by atomic mass is 19.1. The number of furan rings is 1. The molecule has 0 fully saturated rings. The second-order valence-corrected chi connectivity index (χ2v) is 3.41. The summed E-state index contributed by atoms with van der Waals surface area (Å²) in [6.45, 7) is 1.27. The van der Waals surface area contributed by atoms with E-state index >= 15 is 0 Å². The van der Waals surface area contributed by atoms with E-state index in [0.29, 0.717) is 10.9 Å². The van der Waals surface area contributed by atoms with Crippen LogP contribution in [0.5, 0.6) is 0 Å². The van der Waals surface area contributed by atoms with Crippen molar-refractivity contribution in [2.45, 2.75) is 6.92 Å². The fourth-order valence-corrected chi connectivity index (χ4v) is 1.57. The average Bonchev–Trinajstić information content (AvgIpc) is 2.66. The van der Waals surface area contributed by atoms with E-state index in [1.54, 1.807) is 19.1 Å². The van der Waals surface area contributed by atoms with Crippen molar-refractivity contribution in [2.24, 2.45) is 0 Å². The SMILES string of the molecule is Cc1c(C(=O)OCC#N)oc2c(F)cccc12. The van der Waals surface area contributed by atoms with Crippen LogP contribution in [0.15, 0.2) is 22.6 Å². The number of carbonyl (C=O) groups is 1. The molecular weight excluding hydrogens is 225 g/mol. The molecule has 86 valence electrons. The molecule has 0 radical (unpaired) electrons. The van der Waals surface area contributed by atoms with E-state index in [2.05, 4.69) is 4.74 Å². The summed E-state index contributed by atoms with van der Waals surface area (Å²) in [6.07, 6.45) is 0. The number of benzene rings is 1. The Balaban J connectivity index is 2.50. The first-order chi connectivity index (χ1) is 8.15. The fourth-order valence-electron chi connectivity index (χ4n) is 1.57. The van der Waals surface area contributed by atoms with Gasteiger partial charge in [-0.1, -0.05) is 12.1 Å². The number of halogens is 1. The Morgan fingerprint density at radius 1 is 1.59 bits per heavy atom. The molecule has 0 atom stereocenters. The zero-order valence-electron chi connectivity index (χ0n) is 8.99. The number of esters is 1. The van der Waals surface area contributed by atoms with E-state index in [1.165, 1.54) is 12.1 Å². The highest BCUT2D eigenvalue weighted by Crippen LogP contribution is 2.27. The van der Waals surface area contributed by atoms with Crippen molar-refractivity contribution in [3.05, 3.63) is 35.3 Å². The van der Waals surface area contributed by atoms with Gasteiger partial charge in [0.2, 0.25) is 5.76 Å². The summed E-state index contributed by atoms with van der Waals surface area (Å²) < 4.78 is 23.1. The molecule has 17 heavy (non-hydrogen) atoms. The van der Waals surface area contributed by atoms with E-state index in [-0.39, 0.29) is 18.0 Å². The summed E-state index contributed by atoms with van der Waals surface area (Å²) in [7, 11) is 0. The number of aryl methyl sites for hydroxylation is 1. The summed E-state index contributed by atoms with van der Waals surface area (Å²) >= 11 is 0. The Morgan fingerprint density at radius 2 is 2.35 bits per heavy atom. The molecule has 0 amide bonds. The molecule has 0 N–H and O–H groups in total. The maximum absolute atomic E-state index is 13.4. The number of para-hydroxylation sites is 1. The van der Waals surface area contributed by atoms with E-state index in [4.69, 9.17) is 9.68 Å². The normalized spacial score (nSPS) is 10.2. The molecule has 1 aromatic carbocycles. The lowest BCUT2D eigenvalue weighted by Crippen LogP contribution is -2.05. The molecule has 0 aliphatic heterocycles. The summed E-state index contributed by atoms with van der Waals surface area (Å²) in [6, 6.07) is 6.10. The van der Waals surface area contributed by atoms with Crippen molar-refractivity contribution in [2.75, 3.05) is 6.61 Å². The molecule has 0 aliphatic carbocycles. The molecule has 5 heteroatoms. The summed E-state index contributed by atoms with van der Waals surface area (Å²) in [5, 5.41) is 8.82. The molecular formula is C12H8FNO3. The lowest BCUT2D eigenvalue weighted by molar-refractivity contribution is 0.0520. The molecule has 0 saturated heterocycles. The summed E-state index contributed by atoms with van der Waals surface area (Å²) in [5.41, 5.74) is 0.524. The molecule has 1 heterocycles. The number of carbonyl (C=O) groups excluding carboxylic acids is 1. The first kappa shape index (κ1) is 11.1. The number of ether oxygens (including phenoxy) is 1. The van der Waals surface area contributed by atoms with Gasteiger partial charge in [0.05, 0.1) is 0 Å². The monoisotopic (exact) mass is 233 g/mol. The first-order valence-electron chi connectivity index (χ1n) is 4.87. The number of rotatable bonds is 2. The lowest BCUT2D eigenvalue weighted by atomic mass is 10.1. The van der Waals surface area contributed by atoms with Gasteiger partial charge in [0.15, 0.2) is 18.0 Å². The van der Waals surface area contributed by atoms with Crippen molar-refractivity contribution < 1.29 is 18.3 Å². The maximum Gasteiger partial charge on any atom is 0.375 e. The van der Waals surface area contributed by atoms with Crippen molar-refractivity contribution in [3.63, 3.8) is 0 Å². The molecule has 0 aliphatic rings. The third kappa shape index (κ3) is 1.85. The van der Waals surface area contributed by atoms with Crippen molar-refractivity contribution in [1.29, 1.82) is 5.26 Å². The molecule has 0 unspecified atom stereocenters. The molecule has 2 rings (SSSR count). The third-order valence-electron chi connectivity index (χ3n) is 2.37.